The third-order valence-corrected chi connectivity index (χ3v) is 7.24. The highest BCUT2D eigenvalue weighted by Gasteiger charge is 2.17. The summed E-state index contributed by atoms with van der Waals surface area (Å²) >= 11 is 8.39. The first-order valence-corrected chi connectivity index (χ1v) is 12.8. The van der Waals surface area contributed by atoms with E-state index >= 15 is 0 Å². The average molecular weight is 524 g/mol. The number of alkyl halides is 2. The molecule has 0 atom stereocenters. The summed E-state index contributed by atoms with van der Waals surface area (Å²) < 4.78 is 28.1. The zero-order valence-corrected chi connectivity index (χ0v) is 21.9. The second-order valence-corrected chi connectivity index (χ2v) is 10.2. The Balaban J connectivity index is 1.72. The molecule has 0 unspecified atom stereocenters. The minimum absolute atomic E-state index is 0.377. The smallest absolute Gasteiger partial charge is 0.242 e. The van der Waals surface area contributed by atoms with Gasteiger partial charge in [-0.05, 0) is 50.3 Å². The number of nitrogens with zero attached hydrogens (tertiary/aromatic N) is 4. The van der Waals surface area contributed by atoms with E-state index in [4.69, 9.17) is 11.6 Å². The van der Waals surface area contributed by atoms with Gasteiger partial charge < -0.3 is 19.6 Å². The number of aldehydes is 1. The molecular formula is C25H32ClF2N5OS. The summed E-state index contributed by atoms with van der Waals surface area (Å²) in [4.78, 5) is 22.7. The minimum atomic E-state index is -2.46. The topological polar surface area (TPSA) is 55.5 Å². The van der Waals surface area contributed by atoms with Gasteiger partial charge in [0.25, 0.3) is 0 Å². The Bertz CT molecular complexity index is 1110. The quantitative estimate of drug-likeness (QED) is 0.177. The molecule has 0 spiro atoms. The van der Waals surface area contributed by atoms with E-state index in [9.17, 15) is 13.6 Å². The summed E-state index contributed by atoms with van der Waals surface area (Å²) in [5, 5.41) is 0.956. The molecule has 0 aliphatic heterocycles. The van der Waals surface area contributed by atoms with Crippen LogP contribution in [0.1, 0.15) is 12.0 Å². The van der Waals surface area contributed by atoms with Gasteiger partial charge in [0, 0.05) is 61.3 Å². The molecule has 0 fully saturated rings. The number of rotatable bonds is 14. The summed E-state index contributed by atoms with van der Waals surface area (Å²) in [7, 11) is 6.11. The maximum absolute atomic E-state index is 13.0. The molecule has 1 N–H and O–H groups in total. The van der Waals surface area contributed by atoms with Crippen molar-refractivity contribution in [1.82, 2.24) is 19.2 Å². The number of benzene rings is 1. The van der Waals surface area contributed by atoms with Gasteiger partial charge in [-0.15, -0.1) is 0 Å². The number of hydrogen-bond acceptors (Lipinski definition) is 6. The number of aromatic nitrogens is 2. The van der Waals surface area contributed by atoms with Gasteiger partial charge in [-0.3, -0.25) is 0 Å². The van der Waals surface area contributed by atoms with E-state index in [1.807, 2.05) is 31.3 Å². The number of aromatic amines is 1. The molecule has 35 heavy (non-hydrogen) atoms. The van der Waals surface area contributed by atoms with E-state index in [1.54, 1.807) is 24.3 Å². The number of nitrogens with one attached hydrogen (secondary N) is 1. The van der Waals surface area contributed by atoms with E-state index in [1.165, 1.54) is 0 Å². The van der Waals surface area contributed by atoms with Gasteiger partial charge in [0.05, 0.1) is 11.6 Å². The highest BCUT2D eigenvalue weighted by molar-refractivity contribution is 7.97. The first kappa shape index (κ1) is 27.4. The van der Waals surface area contributed by atoms with E-state index in [0.717, 1.165) is 49.3 Å². The fourth-order valence-corrected chi connectivity index (χ4v) is 5.08. The molecule has 0 saturated carbocycles. The Morgan fingerprint density at radius 2 is 2.00 bits per heavy atom. The molecule has 6 nitrogen and oxygen atoms in total. The van der Waals surface area contributed by atoms with Crippen LogP contribution < -0.4 is 4.90 Å². The summed E-state index contributed by atoms with van der Waals surface area (Å²) in [6.45, 7) is 2.88. The van der Waals surface area contributed by atoms with Crippen LogP contribution in [0.3, 0.4) is 0 Å². The average Bonchev–Trinajstić information content (AvgIpc) is 3.23. The third-order valence-electron chi connectivity index (χ3n) is 5.68. The van der Waals surface area contributed by atoms with E-state index in [0.29, 0.717) is 33.7 Å². The summed E-state index contributed by atoms with van der Waals surface area (Å²) in [5.74, 6) is 0.964. The summed E-state index contributed by atoms with van der Waals surface area (Å²) in [5.41, 5.74) is 3.51. The number of likely N-dealkylation sites (N-methyl/N-ethyl adjacent to an activating group) is 1. The number of anilines is 1. The van der Waals surface area contributed by atoms with E-state index in [2.05, 4.69) is 38.2 Å². The Morgan fingerprint density at radius 1 is 1.20 bits per heavy atom. The van der Waals surface area contributed by atoms with Crippen LogP contribution in [0.5, 0.6) is 0 Å². The normalized spacial score (nSPS) is 11.8. The maximum Gasteiger partial charge on any atom is 0.242 e. The highest BCUT2D eigenvalue weighted by atomic mass is 35.5. The lowest BCUT2D eigenvalue weighted by Gasteiger charge is -2.25. The molecule has 3 aromatic rings. The Morgan fingerprint density at radius 3 is 2.71 bits per heavy atom. The van der Waals surface area contributed by atoms with Crippen LogP contribution in [-0.4, -0.2) is 85.0 Å². The number of halogens is 3. The van der Waals surface area contributed by atoms with Crippen LogP contribution in [0.4, 0.5) is 14.5 Å². The minimum Gasteiger partial charge on any atom is -0.373 e. The number of H-pyrrole nitrogens is 1. The van der Waals surface area contributed by atoms with Gasteiger partial charge in [0.1, 0.15) is 11.9 Å². The predicted octanol–water partition coefficient (Wildman–Crippen LogP) is 5.23. The largest absolute Gasteiger partial charge is 0.373 e. The Hall–Kier alpha value is -2.20. The van der Waals surface area contributed by atoms with Crippen LogP contribution >= 0.6 is 23.5 Å². The molecule has 1 aromatic carbocycles. The number of fused-ring (bicyclic) bond motifs is 1. The standard InChI is InChI=1S/C25H32ClF2N5OS/c1-31(2)8-5-13-35-33(11-12-34)10-9-32(3)20-7-4-6-18(14-20)21-17-30-25-23(24(21)26)19(16-29-25)15-22(27)28/h4,6-7,12,14,16-17,22H,5,8-11,13,15H2,1-3H3,(H,29,30). The molecule has 0 aliphatic rings. The molecule has 3 rings (SSSR count). The molecule has 10 heteroatoms. The molecule has 190 valence electrons. The Kier molecular flexibility index (Phi) is 10.3. The number of hydrogen-bond donors (Lipinski definition) is 1. The van der Waals surface area contributed by atoms with Crippen LogP contribution in [0.2, 0.25) is 5.02 Å². The highest BCUT2D eigenvalue weighted by Crippen LogP contribution is 2.36. The molecule has 2 heterocycles. The van der Waals surface area contributed by atoms with Gasteiger partial charge in [0.15, 0.2) is 0 Å². The van der Waals surface area contributed by atoms with E-state index < -0.39 is 6.43 Å². The van der Waals surface area contributed by atoms with Crippen molar-refractivity contribution < 1.29 is 13.6 Å². The Labute approximate surface area is 214 Å². The number of carbonyl (C=O) groups is 1. The van der Waals surface area contributed by atoms with Crippen molar-refractivity contribution in [2.75, 3.05) is 58.0 Å². The van der Waals surface area contributed by atoms with E-state index in [-0.39, 0.29) is 6.42 Å². The lowest BCUT2D eigenvalue weighted by molar-refractivity contribution is -0.107. The molecule has 0 amide bonds. The van der Waals surface area contributed by atoms with Crippen LogP contribution in [-0.2, 0) is 11.2 Å². The summed E-state index contributed by atoms with van der Waals surface area (Å²) in [6, 6.07) is 7.90. The molecule has 0 radical (unpaired) electrons. The predicted molar refractivity (Wildman–Crippen MR) is 143 cm³/mol. The zero-order valence-electron chi connectivity index (χ0n) is 20.3. The molecule has 0 aliphatic carbocycles. The van der Waals surface area contributed by atoms with Crippen molar-refractivity contribution in [2.24, 2.45) is 0 Å². The van der Waals surface area contributed by atoms with Crippen molar-refractivity contribution in [3.8, 4) is 11.1 Å². The van der Waals surface area contributed by atoms with Crippen molar-refractivity contribution in [3.63, 3.8) is 0 Å². The van der Waals surface area contributed by atoms with Crippen molar-refractivity contribution in [1.29, 1.82) is 0 Å². The van der Waals surface area contributed by atoms with Gasteiger partial charge in [-0.1, -0.05) is 35.7 Å². The number of pyridine rings is 1. The lowest BCUT2D eigenvalue weighted by Crippen LogP contribution is -2.30. The van der Waals surface area contributed by atoms with Gasteiger partial charge in [-0.25, -0.2) is 18.1 Å². The maximum atomic E-state index is 13.0. The molecular weight excluding hydrogens is 492 g/mol. The monoisotopic (exact) mass is 523 g/mol. The van der Waals surface area contributed by atoms with Gasteiger partial charge in [-0.2, -0.15) is 0 Å². The second kappa shape index (κ2) is 13.2. The van der Waals surface area contributed by atoms with Crippen LogP contribution in [0.25, 0.3) is 22.2 Å². The van der Waals surface area contributed by atoms with Crippen molar-refractivity contribution in [3.05, 3.63) is 47.2 Å². The molecule has 0 saturated heterocycles. The second-order valence-electron chi connectivity index (χ2n) is 8.64. The molecule has 2 aromatic heterocycles. The van der Waals surface area contributed by atoms with Crippen LogP contribution in [0, 0.1) is 0 Å². The van der Waals surface area contributed by atoms with Crippen LogP contribution in [0.15, 0.2) is 36.7 Å². The SMILES string of the molecule is CN(C)CCCSN(CC=O)CCN(C)c1cccc(-c2cnc3[nH]cc(CC(F)F)c3c2Cl)c1. The first-order chi connectivity index (χ1) is 16.8. The number of carbonyl (C=O) groups excluding carboxylic acids is 1. The van der Waals surface area contributed by atoms with Gasteiger partial charge >= 0.3 is 0 Å². The fraction of sp³-hybridized carbons (Fsp3) is 0.440. The van der Waals surface area contributed by atoms with Crippen molar-refractivity contribution >= 4 is 46.6 Å². The third kappa shape index (κ3) is 7.64. The van der Waals surface area contributed by atoms with Crippen molar-refractivity contribution in [2.45, 2.75) is 19.3 Å². The molecule has 0 bridgehead atoms. The first-order valence-electron chi connectivity index (χ1n) is 11.5. The summed E-state index contributed by atoms with van der Waals surface area (Å²) in [6.07, 6.45) is 2.38. The van der Waals surface area contributed by atoms with Gasteiger partial charge in [0.2, 0.25) is 6.43 Å². The lowest BCUT2D eigenvalue weighted by atomic mass is 10.0. The zero-order chi connectivity index (χ0) is 25.4. The fourth-order valence-electron chi connectivity index (χ4n) is 3.82.